The van der Waals surface area contributed by atoms with Crippen LogP contribution in [0.5, 0.6) is 0 Å². The highest BCUT2D eigenvalue weighted by molar-refractivity contribution is 5.79. The zero-order valence-corrected chi connectivity index (χ0v) is 7.21. The van der Waals surface area contributed by atoms with Crippen LogP contribution in [-0.2, 0) is 4.79 Å². The molecule has 0 amide bonds. The maximum absolute atomic E-state index is 10.0. The molecule has 11 heavy (non-hydrogen) atoms. The second-order valence-corrected chi connectivity index (χ2v) is 2.83. The molecule has 0 saturated carbocycles. The third-order valence-electron chi connectivity index (χ3n) is 1.78. The van der Waals surface area contributed by atoms with Crippen LogP contribution in [0.3, 0.4) is 0 Å². The van der Waals surface area contributed by atoms with Gasteiger partial charge in [-0.2, -0.15) is 0 Å². The van der Waals surface area contributed by atoms with Gasteiger partial charge in [0.05, 0.1) is 0 Å². The van der Waals surface area contributed by atoms with E-state index in [0.717, 1.165) is 12.8 Å². The number of aliphatic carboxylic acids is 1. The van der Waals surface area contributed by atoms with Crippen molar-refractivity contribution < 1.29 is 9.90 Å². The lowest BCUT2D eigenvalue weighted by Crippen LogP contribution is -1.91. The minimum absolute atomic E-state index is 0.702. The lowest BCUT2D eigenvalue weighted by molar-refractivity contribution is -0.131. The van der Waals surface area contributed by atoms with Crippen molar-refractivity contribution in [3.63, 3.8) is 0 Å². The number of hydrogen-bond donors (Lipinski definition) is 1. The Balaban J connectivity index is 3.33. The van der Waals surface area contributed by atoms with Crippen molar-refractivity contribution in [3.05, 3.63) is 12.2 Å². The second kappa shape index (κ2) is 5.96. The molecule has 2 nitrogen and oxygen atoms in total. The molecule has 2 heteroatoms. The first kappa shape index (κ1) is 10.2. The Kier molecular flexibility index (Phi) is 5.53. The maximum atomic E-state index is 10.0. The van der Waals surface area contributed by atoms with E-state index in [1.807, 2.05) is 0 Å². The van der Waals surface area contributed by atoms with Crippen LogP contribution in [0.1, 0.15) is 33.1 Å². The van der Waals surface area contributed by atoms with Gasteiger partial charge in [0.1, 0.15) is 0 Å². The van der Waals surface area contributed by atoms with Crippen LogP contribution in [0.2, 0.25) is 0 Å². The zero-order chi connectivity index (χ0) is 8.69. The molecule has 0 rings (SSSR count). The Morgan fingerprint density at radius 1 is 1.64 bits per heavy atom. The number of carboxylic acids is 1. The highest BCUT2D eigenvalue weighted by atomic mass is 16.4. The van der Waals surface area contributed by atoms with Gasteiger partial charge in [-0.15, -0.1) is 0 Å². The molecule has 0 bridgehead atoms. The van der Waals surface area contributed by atoms with Crippen LogP contribution in [0.25, 0.3) is 0 Å². The van der Waals surface area contributed by atoms with Crippen molar-refractivity contribution in [3.8, 4) is 0 Å². The molecule has 0 aromatic carbocycles. The quantitative estimate of drug-likeness (QED) is 0.621. The van der Waals surface area contributed by atoms with Crippen LogP contribution in [0.4, 0.5) is 0 Å². The van der Waals surface area contributed by atoms with Crippen LogP contribution < -0.4 is 0 Å². The van der Waals surface area contributed by atoms with Crippen molar-refractivity contribution in [1.82, 2.24) is 0 Å². The van der Waals surface area contributed by atoms with Crippen molar-refractivity contribution in [1.29, 1.82) is 0 Å². The summed E-state index contributed by atoms with van der Waals surface area (Å²) in [6.45, 7) is 4.32. The summed E-state index contributed by atoms with van der Waals surface area (Å²) in [7, 11) is 0. The topological polar surface area (TPSA) is 37.3 Å². The molecule has 0 aliphatic carbocycles. The molecule has 0 aliphatic rings. The summed E-state index contributed by atoms with van der Waals surface area (Å²) in [6.07, 6.45) is 6.05. The van der Waals surface area contributed by atoms with E-state index in [-0.39, 0.29) is 0 Å². The Morgan fingerprint density at radius 3 is 2.73 bits per heavy atom. The summed E-state index contributed by atoms with van der Waals surface area (Å²) in [5, 5.41) is 8.25. The molecule has 64 valence electrons. The molecule has 0 radical (unpaired) electrons. The third kappa shape index (κ3) is 7.10. The van der Waals surface area contributed by atoms with Gasteiger partial charge in [0.15, 0.2) is 0 Å². The second-order valence-electron chi connectivity index (χ2n) is 2.83. The molecule has 1 atom stereocenters. The van der Waals surface area contributed by atoms with E-state index in [0.29, 0.717) is 5.92 Å². The Bertz CT molecular complexity index is 138. The van der Waals surface area contributed by atoms with Gasteiger partial charge in [0.25, 0.3) is 0 Å². The largest absolute Gasteiger partial charge is 0.478 e. The van der Waals surface area contributed by atoms with Gasteiger partial charge in [0, 0.05) is 6.08 Å². The summed E-state index contributed by atoms with van der Waals surface area (Å²) < 4.78 is 0. The molecule has 0 aromatic heterocycles. The van der Waals surface area contributed by atoms with Gasteiger partial charge in [-0.1, -0.05) is 26.3 Å². The summed E-state index contributed by atoms with van der Waals surface area (Å²) in [6, 6.07) is 0. The maximum Gasteiger partial charge on any atom is 0.327 e. The van der Waals surface area contributed by atoms with E-state index >= 15 is 0 Å². The molecule has 0 fully saturated rings. The van der Waals surface area contributed by atoms with E-state index in [2.05, 4.69) is 13.8 Å². The fraction of sp³-hybridized carbons (Fsp3) is 0.667. The number of carbonyl (C=O) groups is 1. The predicted molar refractivity (Wildman–Crippen MR) is 45.5 cm³/mol. The molecular formula is C9H16O2. The summed E-state index contributed by atoms with van der Waals surface area (Å²) in [5.74, 6) is -0.150. The highest BCUT2D eigenvalue weighted by Gasteiger charge is 1.95. The fourth-order valence-electron chi connectivity index (χ4n) is 0.769. The summed E-state index contributed by atoms with van der Waals surface area (Å²) in [5.41, 5.74) is 0. The highest BCUT2D eigenvalue weighted by Crippen LogP contribution is 2.09. The lowest BCUT2D eigenvalue weighted by atomic mass is 10.0. The Labute approximate surface area is 67.9 Å². The van der Waals surface area contributed by atoms with E-state index in [1.54, 1.807) is 6.08 Å². The van der Waals surface area contributed by atoms with Gasteiger partial charge in [0.2, 0.25) is 0 Å². The first-order valence-corrected chi connectivity index (χ1v) is 4.06. The van der Waals surface area contributed by atoms with Crippen LogP contribution in [-0.4, -0.2) is 11.1 Å². The van der Waals surface area contributed by atoms with Crippen LogP contribution in [0.15, 0.2) is 12.2 Å². The molecule has 1 unspecified atom stereocenters. The van der Waals surface area contributed by atoms with Gasteiger partial charge in [-0.05, 0) is 18.8 Å². The van der Waals surface area contributed by atoms with E-state index in [9.17, 15) is 4.79 Å². The summed E-state index contributed by atoms with van der Waals surface area (Å²) >= 11 is 0. The molecular weight excluding hydrogens is 140 g/mol. The van der Waals surface area contributed by atoms with Crippen LogP contribution >= 0.6 is 0 Å². The molecule has 0 aromatic rings. The Hall–Kier alpha value is -0.790. The SMILES string of the molecule is CCC(C)CCC=CC(=O)O. The van der Waals surface area contributed by atoms with Crippen LogP contribution in [0, 0.1) is 5.92 Å². The van der Waals surface area contributed by atoms with Gasteiger partial charge < -0.3 is 5.11 Å². The number of carboxylic acid groups (broad SMARTS) is 1. The molecule has 1 N–H and O–H groups in total. The minimum atomic E-state index is -0.853. The first-order chi connectivity index (χ1) is 5.16. The number of rotatable bonds is 5. The van der Waals surface area contributed by atoms with E-state index in [4.69, 9.17) is 5.11 Å². The number of allylic oxidation sites excluding steroid dienone is 1. The standard InChI is InChI=1S/C9H16O2/c1-3-8(2)6-4-5-7-9(10)11/h5,7-8H,3-4,6H2,1-2H3,(H,10,11). The lowest BCUT2D eigenvalue weighted by Gasteiger charge is -2.03. The first-order valence-electron chi connectivity index (χ1n) is 4.06. The minimum Gasteiger partial charge on any atom is -0.478 e. The molecule has 0 aliphatic heterocycles. The molecule has 0 spiro atoms. The summed E-state index contributed by atoms with van der Waals surface area (Å²) in [4.78, 5) is 10.0. The number of hydrogen-bond acceptors (Lipinski definition) is 1. The fourth-order valence-corrected chi connectivity index (χ4v) is 0.769. The van der Waals surface area contributed by atoms with Crippen molar-refractivity contribution in [2.24, 2.45) is 5.92 Å². The van der Waals surface area contributed by atoms with Crippen molar-refractivity contribution in [2.75, 3.05) is 0 Å². The Morgan fingerprint density at radius 2 is 2.27 bits per heavy atom. The monoisotopic (exact) mass is 156 g/mol. The average molecular weight is 156 g/mol. The van der Waals surface area contributed by atoms with E-state index in [1.165, 1.54) is 12.5 Å². The molecule has 0 saturated heterocycles. The van der Waals surface area contributed by atoms with Gasteiger partial charge in [-0.25, -0.2) is 4.79 Å². The van der Waals surface area contributed by atoms with Gasteiger partial charge >= 0.3 is 5.97 Å². The van der Waals surface area contributed by atoms with Crippen molar-refractivity contribution in [2.45, 2.75) is 33.1 Å². The van der Waals surface area contributed by atoms with Crippen molar-refractivity contribution >= 4 is 5.97 Å². The normalized spacial score (nSPS) is 13.6. The zero-order valence-electron chi connectivity index (χ0n) is 7.21. The smallest absolute Gasteiger partial charge is 0.327 e. The average Bonchev–Trinajstić information content (AvgIpc) is 1.97. The van der Waals surface area contributed by atoms with E-state index < -0.39 is 5.97 Å². The predicted octanol–water partition coefficient (Wildman–Crippen LogP) is 2.45. The van der Waals surface area contributed by atoms with Gasteiger partial charge in [-0.3, -0.25) is 0 Å². The third-order valence-corrected chi connectivity index (χ3v) is 1.78. The molecule has 0 heterocycles.